The predicted molar refractivity (Wildman–Crippen MR) is 104 cm³/mol. The van der Waals surface area contributed by atoms with Crippen LogP contribution in [-0.2, 0) is 21.2 Å². The Morgan fingerprint density at radius 1 is 1.11 bits per heavy atom. The number of benzene rings is 1. The summed E-state index contributed by atoms with van der Waals surface area (Å²) in [6, 6.07) is 10.8. The van der Waals surface area contributed by atoms with Crippen LogP contribution in [0.2, 0.25) is 0 Å². The molecule has 0 aliphatic carbocycles. The van der Waals surface area contributed by atoms with E-state index in [-0.39, 0.29) is 12.6 Å². The Kier molecular flexibility index (Phi) is 6.70. The summed E-state index contributed by atoms with van der Waals surface area (Å²) >= 11 is 0. The van der Waals surface area contributed by atoms with Crippen LogP contribution < -0.4 is 4.72 Å². The van der Waals surface area contributed by atoms with Crippen molar-refractivity contribution in [3.8, 4) is 0 Å². The quantitative estimate of drug-likeness (QED) is 0.748. The lowest BCUT2D eigenvalue weighted by Crippen LogP contribution is -2.43. The highest BCUT2D eigenvalue weighted by Crippen LogP contribution is 2.24. The number of sulfonamides is 1. The molecule has 0 amide bonds. The molecule has 1 unspecified atom stereocenters. The Labute approximate surface area is 161 Å². The van der Waals surface area contributed by atoms with E-state index in [2.05, 4.69) is 16.5 Å². The zero-order valence-electron chi connectivity index (χ0n) is 16.0. The molecule has 0 saturated carbocycles. The lowest BCUT2D eigenvalue weighted by atomic mass is 10.1. The van der Waals surface area contributed by atoms with E-state index in [0.717, 1.165) is 43.0 Å². The molecule has 0 spiro atoms. The standard InChI is InChI=1S/C20H28N2O4S/c1-3-4-17-6-8-18(9-7-17)27(23,24)21-15-19(20-10-5-16(2)26-20)22-11-13-25-14-12-22/h5-10,19,21H,3-4,11-15H2,1-2H3. The topological polar surface area (TPSA) is 71.8 Å². The van der Waals surface area contributed by atoms with Crippen molar-refractivity contribution >= 4 is 10.0 Å². The predicted octanol–water partition coefficient (Wildman–Crippen LogP) is 2.89. The van der Waals surface area contributed by atoms with Gasteiger partial charge in [0.25, 0.3) is 0 Å². The van der Waals surface area contributed by atoms with Gasteiger partial charge in [0.15, 0.2) is 0 Å². The molecule has 1 aliphatic heterocycles. The summed E-state index contributed by atoms with van der Waals surface area (Å²) in [6.07, 6.45) is 1.98. The maximum atomic E-state index is 12.7. The fraction of sp³-hybridized carbons (Fsp3) is 0.500. The van der Waals surface area contributed by atoms with Crippen molar-refractivity contribution in [2.24, 2.45) is 0 Å². The zero-order chi connectivity index (χ0) is 19.3. The van der Waals surface area contributed by atoms with E-state index in [9.17, 15) is 8.42 Å². The molecular weight excluding hydrogens is 364 g/mol. The second kappa shape index (κ2) is 9.01. The van der Waals surface area contributed by atoms with Gasteiger partial charge in [-0.3, -0.25) is 4.90 Å². The molecule has 1 atom stereocenters. The molecule has 2 aromatic rings. The van der Waals surface area contributed by atoms with Crippen molar-refractivity contribution in [3.05, 3.63) is 53.5 Å². The summed E-state index contributed by atoms with van der Waals surface area (Å²) in [5.41, 5.74) is 1.15. The van der Waals surface area contributed by atoms with Crippen molar-refractivity contribution < 1.29 is 17.6 Å². The fourth-order valence-electron chi connectivity index (χ4n) is 3.33. The molecule has 3 rings (SSSR count). The average Bonchev–Trinajstić information content (AvgIpc) is 3.09. The molecule has 1 saturated heterocycles. The Hall–Kier alpha value is -1.67. The summed E-state index contributed by atoms with van der Waals surface area (Å²) in [5, 5.41) is 0. The molecule has 6 nitrogen and oxygen atoms in total. The third kappa shape index (κ3) is 5.19. The monoisotopic (exact) mass is 392 g/mol. The molecule has 1 fully saturated rings. The molecule has 0 bridgehead atoms. The van der Waals surface area contributed by atoms with Crippen molar-refractivity contribution in [2.45, 2.75) is 37.6 Å². The highest BCUT2D eigenvalue weighted by Gasteiger charge is 2.27. The van der Waals surface area contributed by atoms with Gasteiger partial charge in [0, 0.05) is 19.6 Å². The van der Waals surface area contributed by atoms with Gasteiger partial charge in [0.05, 0.1) is 24.2 Å². The Morgan fingerprint density at radius 3 is 2.41 bits per heavy atom. The van der Waals surface area contributed by atoms with E-state index in [4.69, 9.17) is 9.15 Å². The minimum absolute atomic E-state index is 0.156. The summed E-state index contributed by atoms with van der Waals surface area (Å²) < 4.78 is 39.5. The van der Waals surface area contributed by atoms with E-state index in [0.29, 0.717) is 18.1 Å². The third-order valence-electron chi connectivity index (χ3n) is 4.82. The van der Waals surface area contributed by atoms with E-state index in [1.165, 1.54) is 0 Å². The van der Waals surface area contributed by atoms with Crippen molar-refractivity contribution in [1.82, 2.24) is 9.62 Å². The van der Waals surface area contributed by atoms with E-state index in [1.54, 1.807) is 12.1 Å². The Morgan fingerprint density at radius 2 is 1.81 bits per heavy atom. The van der Waals surface area contributed by atoms with E-state index in [1.807, 2.05) is 31.2 Å². The molecular formula is C20H28N2O4S. The minimum atomic E-state index is -3.58. The lowest BCUT2D eigenvalue weighted by molar-refractivity contribution is 0.0127. The molecule has 1 aliphatic rings. The number of hydrogen-bond acceptors (Lipinski definition) is 5. The van der Waals surface area contributed by atoms with Gasteiger partial charge < -0.3 is 9.15 Å². The number of aryl methyl sites for hydroxylation is 2. The summed E-state index contributed by atoms with van der Waals surface area (Å²) in [6.45, 7) is 7.03. The smallest absolute Gasteiger partial charge is 0.240 e. The minimum Gasteiger partial charge on any atom is -0.465 e. The number of hydrogen-bond donors (Lipinski definition) is 1. The van der Waals surface area contributed by atoms with Crippen LogP contribution in [0, 0.1) is 6.92 Å². The maximum Gasteiger partial charge on any atom is 0.240 e. The van der Waals surface area contributed by atoms with Crippen LogP contribution in [0.5, 0.6) is 0 Å². The van der Waals surface area contributed by atoms with Gasteiger partial charge in [-0.25, -0.2) is 13.1 Å². The number of nitrogens with zero attached hydrogens (tertiary/aromatic N) is 1. The molecule has 0 radical (unpaired) electrons. The Balaban J connectivity index is 1.73. The fourth-order valence-corrected chi connectivity index (χ4v) is 4.37. The molecule has 148 valence electrons. The first-order valence-corrected chi connectivity index (χ1v) is 10.9. The normalized spacial score (nSPS) is 17.1. The van der Waals surface area contributed by atoms with E-state index >= 15 is 0 Å². The first-order valence-electron chi connectivity index (χ1n) is 9.46. The molecule has 1 aromatic carbocycles. The first kappa shape index (κ1) is 20.1. The van der Waals surface area contributed by atoms with Gasteiger partial charge in [0.1, 0.15) is 11.5 Å². The number of morpholine rings is 1. The van der Waals surface area contributed by atoms with Crippen LogP contribution >= 0.6 is 0 Å². The molecule has 1 aromatic heterocycles. The highest BCUT2D eigenvalue weighted by atomic mass is 32.2. The third-order valence-corrected chi connectivity index (χ3v) is 6.25. The van der Waals surface area contributed by atoms with Gasteiger partial charge in [-0.05, 0) is 43.2 Å². The largest absolute Gasteiger partial charge is 0.465 e. The van der Waals surface area contributed by atoms with Crippen molar-refractivity contribution in [2.75, 3.05) is 32.8 Å². The van der Waals surface area contributed by atoms with Gasteiger partial charge in [-0.15, -0.1) is 0 Å². The second-order valence-electron chi connectivity index (χ2n) is 6.86. The lowest BCUT2D eigenvalue weighted by Gasteiger charge is -2.33. The number of furan rings is 1. The van der Waals surface area contributed by atoms with Crippen molar-refractivity contribution in [3.63, 3.8) is 0 Å². The average molecular weight is 393 g/mol. The molecule has 27 heavy (non-hydrogen) atoms. The maximum absolute atomic E-state index is 12.7. The summed E-state index contributed by atoms with van der Waals surface area (Å²) in [4.78, 5) is 2.49. The molecule has 2 heterocycles. The van der Waals surface area contributed by atoms with Crippen LogP contribution in [0.15, 0.2) is 45.7 Å². The van der Waals surface area contributed by atoms with Gasteiger partial charge in [0.2, 0.25) is 10.0 Å². The second-order valence-corrected chi connectivity index (χ2v) is 8.63. The molecule has 7 heteroatoms. The number of nitrogens with one attached hydrogen (secondary N) is 1. The van der Waals surface area contributed by atoms with Crippen LogP contribution in [0.4, 0.5) is 0 Å². The summed E-state index contributed by atoms with van der Waals surface area (Å²) in [7, 11) is -3.58. The zero-order valence-corrected chi connectivity index (χ0v) is 16.8. The van der Waals surface area contributed by atoms with Gasteiger partial charge >= 0.3 is 0 Å². The van der Waals surface area contributed by atoms with Crippen LogP contribution in [0.3, 0.4) is 0 Å². The van der Waals surface area contributed by atoms with Crippen LogP contribution in [-0.4, -0.2) is 46.2 Å². The first-order chi connectivity index (χ1) is 13.0. The Bertz CT molecular complexity index is 824. The van der Waals surface area contributed by atoms with Gasteiger partial charge in [-0.1, -0.05) is 25.5 Å². The van der Waals surface area contributed by atoms with Crippen LogP contribution in [0.25, 0.3) is 0 Å². The summed E-state index contributed by atoms with van der Waals surface area (Å²) in [5.74, 6) is 1.59. The van der Waals surface area contributed by atoms with Crippen LogP contribution in [0.1, 0.15) is 36.5 Å². The number of ether oxygens (including phenoxy) is 1. The van der Waals surface area contributed by atoms with Crippen molar-refractivity contribution in [1.29, 1.82) is 0 Å². The van der Waals surface area contributed by atoms with E-state index < -0.39 is 10.0 Å². The number of rotatable bonds is 8. The highest BCUT2D eigenvalue weighted by molar-refractivity contribution is 7.89. The molecule has 1 N–H and O–H groups in total. The SMILES string of the molecule is CCCc1ccc(S(=O)(=O)NCC(c2ccc(C)o2)N2CCOCC2)cc1. The van der Waals surface area contributed by atoms with Gasteiger partial charge in [-0.2, -0.15) is 0 Å².